The summed E-state index contributed by atoms with van der Waals surface area (Å²) in [6, 6.07) is 1.83. The second-order valence-corrected chi connectivity index (χ2v) is 8.04. The van der Waals surface area contributed by atoms with Crippen LogP contribution in [0.5, 0.6) is 0 Å². The minimum atomic E-state index is -3.77. The van der Waals surface area contributed by atoms with Crippen LogP contribution in [0.25, 0.3) is 5.57 Å². The molecular formula is C17H18F2O2S. The number of hydrogen-bond acceptors (Lipinski definition) is 2. The molecule has 5 heteroatoms. The highest BCUT2D eigenvalue weighted by Gasteiger charge is 2.26. The highest BCUT2D eigenvalue weighted by atomic mass is 32.2. The van der Waals surface area contributed by atoms with Crippen LogP contribution in [-0.4, -0.2) is 14.7 Å². The summed E-state index contributed by atoms with van der Waals surface area (Å²) in [4.78, 5) is -0.581. The van der Waals surface area contributed by atoms with Crippen LogP contribution in [0.1, 0.15) is 37.7 Å². The SMILES string of the molecule is CS(=O)(=O)c1cc(F)c(C2=C(C3CCCC3)C=CC2)cc1F. The maximum atomic E-state index is 14.4. The van der Waals surface area contributed by atoms with Crippen LogP contribution in [0.15, 0.2) is 34.8 Å². The largest absolute Gasteiger partial charge is 0.224 e. The number of allylic oxidation sites excluding steroid dienone is 4. The van der Waals surface area contributed by atoms with Crippen molar-refractivity contribution in [2.75, 3.05) is 6.26 Å². The van der Waals surface area contributed by atoms with Gasteiger partial charge in [0.2, 0.25) is 0 Å². The molecule has 0 amide bonds. The first-order chi connectivity index (χ1) is 10.4. The minimum absolute atomic E-state index is 0.191. The molecule has 2 aliphatic carbocycles. The average Bonchev–Trinajstić information content (AvgIpc) is 3.08. The predicted octanol–water partition coefficient (Wildman–Crippen LogP) is 4.27. The molecule has 1 aromatic carbocycles. The van der Waals surface area contributed by atoms with Crippen molar-refractivity contribution in [3.05, 3.63) is 47.1 Å². The van der Waals surface area contributed by atoms with Crippen LogP contribution >= 0.6 is 0 Å². The quantitative estimate of drug-likeness (QED) is 0.832. The lowest BCUT2D eigenvalue weighted by Crippen LogP contribution is -2.05. The van der Waals surface area contributed by atoms with E-state index in [4.69, 9.17) is 0 Å². The Morgan fingerprint density at radius 1 is 1.09 bits per heavy atom. The molecule has 0 heterocycles. The molecule has 0 saturated heterocycles. The zero-order chi connectivity index (χ0) is 15.9. The van der Waals surface area contributed by atoms with Gasteiger partial charge in [0.25, 0.3) is 0 Å². The molecule has 0 aromatic heterocycles. The van der Waals surface area contributed by atoms with E-state index in [9.17, 15) is 17.2 Å². The Hall–Kier alpha value is -1.49. The molecule has 0 radical (unpaired) electrons. The first-order valence-electron chi connectivity index (χ1n) is 7.47. The molecule has 0 bridgehead atoms. The van der Waals surface area contributed by atoms with E-state index in [0.29, 0.717) is 12.3 Å². The summed E-state index contributed by atoms with van der Waals surface area (Å²) in [5.74, 6) is -1.15. The van der Waals surface area contributed by atoms with Crippen LogP contribution < -0.4 is 0 Å². The van der Waals surface area contributed by atoms with E-state index in [0.717, 1.165) is 42.4 Å². The highest BCUT2D eigenvalue weighted by Crippen LogP contribution is 2.41. The van der Waals surface area contributed by atoms with E-state index < -0.39 is 26.4 Å². The molecule has 0 aliphatic heterocycles. The fourth-order valence-electron chi connectivity index (χ4n) is 3.45. The average molecular weight is 324 g/mol. The number of halogens is 2. The Morgan fingerprint density at radius 3 is 2.41 bits per heavy atom. The van der Waals surface area contributed by atoms with Crippen molar-refractivity contribution in [2.24, 2.45) is 5.92 Å². The molecule has 1 aromatic rings. The summed E-state index contributed by atoms with van der Waals surface area (Å²) >= 11 is 0. The van der Waals surface area contributed by atoms with E-state index in [1.54, 1.807) is 0 Å². The van der Waals surface area contributed by atoms with Gasteiger partial charge in [-0.15, -0.1) is 0 Å². The Labute approximate surface area is 129 Å². The zero-order valence-electron chi connectivity index (χ0n) is 12.4. The van der Waals surface area contributed by atoms with Crippen LogP contribution in [-0.2, 0) is 9.84 Å². The van der Waals surface area contributed by atoms with Gasteiger partial charge in [0.15, 0.2) is 9.84 Å². The fraction of sp³-hybridized carbons (Fsp3) is 0.412. The van der Waals surface area contributed by atoms with Gasteiger partial charge in [-0.1, -0.05) is 25.0 Å². The number of benzene rings is 1. The third kappa shape index (κ3) is 2.74. The van der Waals surface area contributed by atoms with E-state index in [1.165, 1.54) is 12.8 Å². The Bertz CT molecular complexity index is 770. The van der Waals surface area contributed by atoms with E-state index in [1.807, 2.05) is 12.2 Å². The Balaban J connectivity index is 2.09. The van der Waals surface area contributed by atoms with Crippen molar-refractivity contribution in [1.82, 2.24) is 0 Å². The van der Waals surface area contributed by atoms with Crippen molar-refractivity contribution >= 4 is 15.4 Å². The van der Waals surface area contributed by atoms with Gasteiger partial charge < -0.3 is 0 Å². The lowest BCUT2D eigenvalue weighted by molar-refractivity contribution is 0.554. The smallest absolute Gasteiger partial charge is 0.178 e. The summed E-state index contributed by atoms with van der Waals surface area (Å²) < 4.78 is 51.4. The third-order valence-electron chi connectivity index (χ3n) is 4.51. The highest BCUT2D eigenvalue weighted by molar-refractivity contribution is 7.90. The van der Waals surface area contributed by atoms with Gasteiger partial charge in [0, 0.05) is 11.8 Å². The Morgan fingerprint density at radius 2 is 1.77 bits per heavy atom. The van der Waals surface area contributed by atoms with Gasteiger partial charge in [-0.2, -0.15) is 0 Å². The van der Waals surface area contributed by atoms with Crippen LogP contribution in [0.4, 0.5) is 8.78 Å². The molecule has 1 saturated carbocycles. The third-order valence-corrected chi connectivity index (χ3v) is 5.62. The van der Waals surface area contributed by atoms with Gasteiger partial charge in [0.05, 0.1) is 0 Å². The van der Waals surface area contributed by atoms with Gasteiger partial charge >= 0.3 is 0 Å². The van der Waals surface area contributed by atoms with Crippen molar-refractivity contribution in [1.29, 1.82) is 0 Å². The molecule has 3 rings (SSSR count). The topological polar surface area (TPSA) is 34.1 Å². The molecule has 0 N–H and O–H groups in total. The molecule has 22 heavy (non-hydrogen) atoms. The first-order valence-corrected chi connectivity index (χ1v) is 9.36. The van der Waals surface area contributed by atoms with Gasteiger partial charge in [-0.3, -0.25) is 0 Å². The Kier molecular flexibility index (Phi) is 3.93. The molecule has 0 unspecified atom stereocenters. The normalized spacial score (nSPS) is 19.4. The number of rotatable bonds is 3. The first kappa shape index (κ1) is 15.4. The maximum Gasteiger partial charge on any atom is 0.178 e. The number of sulfone groups is 1. The van der Waals surface area contributed by atoms with Crippen molar-refractivity contribution in [3.63, 3.8) is 0 Å². The van der Waals surface area contributed by atoms with E-state index in [2.05, 4.69) is 0 Å². The van der Waals surface area contributed by atoms with Crippen LogP contribution in [0, 0.1) is 17.6 Å². The second-order valence-electron chi connectivity index (χ2n) is 6.06. The second kappa shape index (κ2) is 5.61. The zero-order valence-corrected chi connectivity index (χ0v) is 13.2. The molecule has 2 nitrogen and oxygen atoms in total. The predicted molar refractivity (Wildman–Crippen MR) is 82.1 cm³/mol. The number of hydrogen-bond donors (Lipinski definition) is 0. The molecule has 0 spiro atoms. The van der Waals surface area contributed by atoms with Crippen LogP contribution in [0.3, 0.4) is 0 Å². The lowest BCUT2D eigenvalue weighted by Gasteiger charge is -2.15. The molecule has 1 fully saturated rings. The lowest BCUT2D eigenvalue weighted by atomic mass is 9.91. The minimum Gasteiger partial charge on any atom is -0.224 e. The summed E-state index contributed by atoms with van der Waals surface area (Å²) in [5, 5.41) is 0. The van der Waals surface area contributed by atoms with Crippen molar-refractivity contribution < 1.29 is 17.2 Å². The van der Waals surface area contributed by atoms with Gasteiger partial charge in [0.1, 0.15) is 16.5 Å². The summed E-state index contributed by atoms with van der Waals surface area (Å²) in [6.07, 6.45) is 9.91. The molecule has 118 valence electrons. The summed E-state index contributed by atoms with van der Waals surface area (Å²) in [5.41, 5.74) is 2.07. The summed E-state index contributed by atoms with van der Waals surface area (Å²) in [7, 11) is -3.77. The summed E-state index contributed by atoms with van der Waals surface area (Å²) in [6.45, 7) is 0. The van der Waals surface area contributed by atoms with Gasteiger partial charge in [-0.05, 0) is 48.5 Å². The van der Waals surface area contributed by atoms with Crippen molar-refractivity contribution in [3.8, 4) is 0 Å². The monoisotopic (exact) mass is 324 g/mol. The standard InChI is InChI=1S/C17H18F2O2S/c1-22(20,21)17-10-15(18)14(9-16(17)19)13-8-4-7-12(13)11-5-2-3-6-11/h4,7,9-11H,2-3,5-6,8H2,1H3. The van der Waals surface area contributed by atoms with Crippen LogP contribution in [0.2, 0.25) is 0 Å². The fourth-order valence-corrected chi connectivity index (χ4v) is 4.18. The van der Waals surface area contributed by atoms with E-state index >= 15 is 0 Å². The molecule has 0 atom stereocenters. The van der Waals surface area contributed by atoms with Gasteiger partial charge in [-0.25, -0.2) is 17.2 Å². The van der Waals surface area contributed by atoms with Crippen molar-refractivity contribution in [2.45, 2.75) is 37.0 Å². The molecule has 2 aliphatic rings. The molecular weight excluding hydrogens is 306 g/mol. The maximum absolute atomic E-state index is 14.4. The van der Waals surface area contributed by atoms with E-state index in [-0.39, 0.29) is 5.56 Å².